The lowest BCUT2D eigenvalue weighted by atomic mass is 9.87. The molecule has 1 aromatic carbocycles. The second kappa shape index (κ2) is 5.93. The van der Waals surface area contributed by atoms with E-state index >= 15 is 0 Å². The van der Waals surface area contributed by atoms with Crippen LogP contribution in [0.5, 0.6) is 0 Å². The topological polar surface area (TPSA) is 33.3 Å². The van der Waals surface area contributed by atoms with Crippen molar-refractivity contribution in [1.82, 2.24) is 5.32 Å². The van der Waals surface area contributed by atoms with Gasteiger partial charge in [-0.25, -0.2) is 0 Å². The standard InChI is InChI=1S/C16H24N2O/c1-2-19-14-9-13(10-14)18-11-12-7-8-17-16-6-4-3-5-15(12)16/h3-6,12-14,17-18H,2,7-11H2,1H3. The third-order valence-electron chi connectivity index (χ3n) is 4.36. The predicted octanol–water partition coefficient (Wildman–Crippen LogP) is 2.74. The van der Waals surface area contributed by atoms with Crippen LogP contribution in [0.25, 0.3) is 0 Å². The molecular weight excluding hydrogens is 236 g/mol. The third kappa shape index (κ3) is 2.93. The molecule has 1 aromatic rings. The summed E-state index contributed by atoms with van der Waals surface area (Å²) < 4.78 is 5.61. The fourth-order valence-corrected chi connectivity index (χ4v) is 3.18. The molecule has 3 nitrogen and oxygen atoms in total. The first-order valence-corrected chi connectivity index (χ1v) is 7.54. The van der Waals surface area contributed by atoms with Gasteiger partial charge in [0.05, 0.1) is 6.10 Å². The minimum Gasteiger partial charge on any atom is -0.385 e. The zero-order valence-electron chi connectivity index (χ0n) is 11.7. The Morgan fingerprint density at radius 1 is 1.32 bits per heavy atom. The average Bonchev–Trinajstić information content (AvgIpc) is 2.41. The zero-order chi connectivity index (χ0) is 13.1. The lowest BCUT2D eigenvalue weighted by molar-refractivity contribution is -0.0101. The summed E-state index contributed by atoms with van der Waals surface area (Å²) in [6, 6.07) is 9.37. The van der Waals surface area contributed by atoms with Crippen molar-refractivity contribution >= 4 is 5.69 Å². The van der Waals surface area contributed by atoms with Crippen molar-refractivity contribution in [3.8, 4) is 0 Å². The highest BCUT2D eigenvalue weighted by molar-refractivity contribution is 5.54. The van der Waals surface area contributed by atoms with E-state index in [2.05, 4.69) is 41.8 Å². The molecule has 1 heterocycles. The van der Waals surface area contributed by atoms with Crippen LogP contribution in [0, 0.1) is 0 Å². The summed E-state index contributed by atoms with van der Waals surface area (Å²) in [5.74, 6) is 0.656. The highest BCUT2D eigenvalue weighted by atomic mass is 16.5. The Kier molecular flexibility index (Phi) is 4.04. The zero-order valence-corrected chi connectivity index (χ0v) is 11.7. The number of fused-ring (bicyclic) bond motifs is 1. The van der Waals surface area contributed by atoms with E-state index in [1.807, 2.05) is 0 Å². The van der Waals surface area contributed by atoms with Crippen LogP contribution in [0.15, 0.2) is 24.3 Å². The number of ether oxygens (including phenoxy) is 1. The molecule has 1 unspecified atom stereocenters. The molecule has 1 aliphatic carbocycles. The van der Waals surface area contributed by atoms with E-state index in [0.29, 0.717) is 18.1 Å². The maximum absolute atomic E-state index is 5.61. The van der Waals surface area contributed by atoms with Crippen molar-refractivity contribution in [2.24, 2.45) is 0 Å². The fourth-order valence-electron chi connectivity index (χ4n) is 3.18. The molecule has 19 heavy (non-hydrogen) atoms. The van der Waals surface area contributed by atoms with Gasteiger partial charge in [-0.3, -0.25) is 0 Å². The number of rotatable bonds is 5. The Morgan fingerprint density at radius 2 is 2.16 bits per heavy atom. The second-order valence-electron chi connectivity index (χ2n) is 5.65. The van der Waals surface area contributed by atoms with Crippen LogP contribution in [0.3, 0.4) is 0 Å². The Hall–Kier alpha value is -1.06. The normalized spacial score (nSPS) is 29.2. The van der Waals surface area contributed by atoms with Gasteiger partial charge in [-0.05, 0) is 37.8 Å². The van der Waals surface area contributed by atoms with Gasteiger partial charge in [0, 0.05) is 37.3 Å². The van der Waals surface area contributed by atoms with Crippen LogP contribution < -0.4 is 10.6 Å². The molecule has 0 bridgehead atoms. The predicted molar refractivity (Wildman–Crippen MR) is 78.7 cm³/mol. The molecule has 2 aliphatic rings. The summed E-state index contributed by atoms with van der Waals surface area (Å²) in [5.41, 5.74) is 2.79. The number of hydrogen-bond donors (Lipinski definition) is 2. The van der Waals surface area contributed by atoms with Crippen molar-refractivity contribution < 1.29 is 4.74 Å². The van der Waals surface area contributed by atoms with Crippen LogP contribution >= 0.6 is 0 Å². The molecule has 0 radical (unpaired) electrons. The minimum atomic E-state index is 0.503. The smallest absolute Gasteiger partial charge is 0.0604 e. The van der Waals surface area contributed by atoms with E-state index in [-0.39, 0.29) is 0 Å². The van der Waals surface area contributed by atoms with Gasteiger partial charge in [0.2, 0.25) is 0 Å². The maximum Gasteiger partial charge on any atom is 0.0604 e. The first-order chi connectivity index (χ1) is 9.36. The Morgan fingerprint density at radius 3 is 3.00 bits per heavy atom. The maximum atomic E-state index is 5.61. The molecule has 0 saturated heterocycles. The second-order valence-corrected chi connectivity index (χ2v) is 5.65. The van der Waals surface area contributed by atoms with Gasteiger partial charge in [-0.1, -0.05) is 18.2 Å². The first-order valence-electron chi connectivity index (χ1n) is 7.54. The lowest BCUT2D eigenvalue weighted by Crippen LogP contribution is -2.47. The van der Waals surface area contributed by atoms with Gasteiger partial charge in [0.15, 0.2) is 0 Å². The quantitative estimate of drug-likeness (QED) is 0.854. The Balaban J connectivity index is 1.49. The third-order valence-corrected chi connectivity index (χ3v) is 4.36. The summed E-state index contributed by atoms with van der Waals surface area (Å²) in [6.07, 6.45) is 4.09. The number of nitrogens with one attached hydrogen (secondary N) is 2. The van der Waals surface area contributed by atoms with E-state index < -0.39 is 0 Å². The van der Waals surface area contributed by atoms with Gasteiger partial charge in [-0.15, -0.1) is 0 Å². The molecule has 3 rings (SSSR count). The van der Waals surface area contributed by atoms with Crippen LogP contribution in [0.2, 0.25) is 0 Å². The van der Waals surface area contributed by atoms with Crippen molar-refractivity contribution in [3.63, 3.8) is 0 Å². The van der Waals surface area contributed by atoms with E-state index in [9.17, 15) is 0 Å². The summed E-state index contributed by atoms with van der Waals surface area (Å²) in [5, 5.41) is 7.19. The molecule has 0 aromatic heterocycles. The van der Waals surface area contributed by atoms with E-state index in [0.717, 1.165) is 19.7 Å². The summed E-state index contributed by atoms with van der Waals surface area (Å²) >= 11 is 0. The van der Waals surface area contributed by atoms with Crippen molar-refractivity contribution in [3.05, 3.63) is 29.8 Å². The Labute approximate surface area is 115 Å². The van der Waals surface area contributed by atoms with Crippen LogP contribution in [-0.4, -0.2) is 31.8 Å². The average molecular weight is 260 g/mol. The molecule has 1 saturated carbocycles. The van der Waals surface area contributed by atoms with Crippen molar-refractivity contribution in [2.75, 3.05) is 25.0 Å². The van der Waals surface area contributed by atoms with Crippen LogP contribution in [0.4, 0.5) is 5.69 Å². The van der Waals surface area contributed by atoms with E-state index in [4.69, 9.17) is 4.74 Å². The molecular formula is C16H24N2O. The van der Waals surface area contributed by atoms with E-state index in [1.54, 1.807) is 0 Å². The first kappa shape index (κ1) is 12.9. The fraction of sp³-hybridized carbons (Fsp3) is 0.625. The Bertz CT molecular complexity index is 415. The molecule has 1 atom stereocenters. The van der Waals surface area contributed by atoms with Crippen molar-refractivity contribution in [1.29, 1.82) is 0 Å². The highest BCUT2D eigenvalue weighted by Gasteiger charge is 2.30. The van der Waals surface area contributed by atoms with Gasteiger partial charge >= 0.3 is 0 Å². The summed E-state index contributed by atoms with van der Waals surface area (Å²) in [4.78, 5) is 0. The summed E-state index contributed by atoms with van der Waals surface area (Å²) in [7, 11) is 0. The lowest BCUT2D eigenvalue weighted by Gasteiger charge is -2.37. The largest absolute Gasteiger partial charge is 0.385 e. The molecule has 1 aliphatic heterocycles. The van der Waals surface area contributed by atoms with Crippen molar-refractivity contribution in [2.45, 2.75) is 44.2 Å². The number of benzene rings is 1. The molecule has 0 amide bonds. The molecule has 1 fully saturated rings. The minimum absolute atomic E-state index is 0.503. The van der Waals surface area contributed by atoms with Gasteiger partial charge in [-0.2, -0.15) is 0 Å². The number of para-hydroxylation sites is 1. The molecule has 0 spiro atoms. The van der Waals surface area contributed by atoms with E-state index in [1.165, 1.54) is 30.5 Å². The molecule has 3 heteroatoms. The van der Waals surface area contributed by atoms with Gasteiger partial charge in [0.25, 0.3) is 0 Å². The van der Waals surface area contributed by atoms with Gasteiger partial charge in [0.1, 0.15) is 0 Å². The van der Waals surface area contributed by atoms with Gasteiger partial charge < -0.3 is 15.4 Å². The highest BCUT2D eigenvalue weighted by Crippen LogP contribution is 2.31. The number of hydrogen-bond acceptors (Lipinski definition) is 3. The summed E-state index contributed by atoms with van der Waals surface area (Å²) in [6.45, 7) is 5.11. The monoisotopic (exact) mass is 260 g/mol. The van der Waals surface area contributed by atoms with Crippen LogP contribution in [-0.2, 0) is 4.74 Å². The van der Waals surface area contributed by atoms with Crippen LogP contribution in [0.1, 0.15) is 37.7 Å². The number of anilines is 1. The molecule has 2 N–H and O–H groups in total. The molecule has 104 valence electrons. The SMILES string of the molecule is CCOC1CC(NCC2CCNc3ccccc32)C1.